The van der Waals surface area contributed by atoms with E-state index in [0.717, 1.165) is 13.0 Å². The van der Waals surface area contributed by atoms with Crippen LogP contribution in [0.4, 0.5) is 0 Å². The monoisotopic (exact) mass is 170 g/mol. The topological polar surface area (TPSA) is 32.3 Å². The van der Waals surface area contributed by atoms with Crippen LogP contribution in [0.3, 0.4) is 0 Å². The van der Waals surface area contributed by atoms with Crippen LogP contribution in [0.5, 0.6) is 0 Å². The number of nitrogens with zero attached hydrogens (tertiary/aromatic N) is 1. The highest BCUT2D eigenvalue weighted by Gasteiger charge is 2.34. The molecule has 0 aliphatic carbocycles. The van der Waals surface area contributed by atoms with Gasteiger partial charge in [-0.05, 0) is 20.3 Å². The van der Waals surface area contributed by atoms with E-state index < -0.39 is 0 Å². The molecule has 0 atom stereocenters. The van der Waals surface area contributed by atoms with Crippen LogP contribution < -0.4 is 5.32 Å². The molecule has 1 fully saturated rings. The predicted octanol–water partition coefficient (Wildman–Crippen LogP) is 0.954. The molecule has 0 aromatic carbocycles. The van der Waals surface area contributed by atoms with E-state index >= 15 is 0 Å². The molecule has 1 amide bonds. The molecule has 1 N–H and O–H groups in total. The summed E-state index contributed by atoms with van der Waals surface area (Å²) in [5.74, 6) is 0.271. The zero-order valence-electron chi connectivity index (χ0n) is 8.18. The quantitative estimate of drug-likeness (QED) is 0.669. The predicted molar refractivity (Wildman–Crippen MR) is 48.7 cm³/mol. The number of nitrogens with one attached hydrogen (secondary N) is 1. The van der Waals surface area contributed by atoms with Gasteiger partial charge in [0.15, 0.2) is 0 Å². The van der Waals surface area contributed by atoms with E-state index in [-0.39, 0.29) is 11.4 Å². The lowest BCUT2D eigenvalue weighted by Crippen LogP contribution is -2.44. The van der Waals surface area contributed by atoms with E-state index in [1.54, 1.807) is 0 Å². The zero-order chi connectivity index (χ0) is 9.19. The van der Waals surface area contributed by atoms with E-state index in [1.807, 2.05) is 11.8 Å². The van der Waals surface area contributed by atoms with E-state index in [0.29, 0.717) is 13.1 Å². The molecule has 0 aromatic rings. The number of amides is 1. The molecule has 1 aliphatic heterocycles. The third-order valence-electron chi connectivity index (χ3n) is 2.32. The zero-order valence-corrected chi connectivity index (χ0v) is 8.18. The fourth-order valence-corrected chi connectivity index (χ4v) is 1.56. The molecule has 1 heterocycles. The van der Waals surface area contributed by atoms with Crippen molar-refractivity contribution in [2.45, 2.75) is 39.2 Å². The third kappa shape index (κ3) is 1.78. The summed E-state index contributed by atoms with van der Waals surface area (Å²) in [5, 5.41) is 3.21. The van der Waals surface area contributed by atoms with Crippen LogP contribution in [-0.2, 0) is 4.79 Å². The maximum absolute atomic E-state index is 11.5. The number of carbonyl (C=O) groups is 1. The van der Waals surface area contributed by atoms with Gasteiger partial charge in [0.05, 0.1) is 12.2 Å². The van der Waals surface area contributed by atoms with Gasteiger partial charge in [0.1, 0.15) is 0 Å². The van der Waals surface area contributed by atoms with Gasteiger partial charge in [0.25, 0.3) is 0 Å². The third-order valence-corrected chi connectivity index (χ3v) is 2.32. The first-order valence-electron chi connectivity index (χ1n) is 4.59. The molecular formula is C9H18N2O. The SMILES string of the molecule is CCCC(=O)N1CNCC1(C)C. The number of rotatable bonds is 2. The highest BCUT2D eigenvalue weighted by Crippen LogP contribution is 2.18. The Hall–Kier alpha value is -0.570. The fourth-order valence-electron chi connectivity index (χ4n) is 1.56. The molecule has 0 unspecified atom stereocenters. The summed E-state index contributed by atoms with van der Waals surface area (Å²) in [4.78, 5) is 13.5. The maximum atomic E-state index is 11.5. The molecule has 0 radical (unpaired) electrons. The fraction of sp³-hybridized carbons (Fsp3) is 0.889. The lowest BCUT2D eigenvalue weighted by molar-refractivity contribution is -0.134. The van der Waals surface area contributed by atoms with Crippen molar-refractivity contribution in [1.82, 2.24) is 10.2 Å². The summed E-state index contributed by atoms with van der Waals surface area (Å²) in [6, 6.07) is 0. The molecule has 1 aliphatic rings. The first-order valence-corrected chi connectivity index (χ1v) is 4.59. The Kier molecular flexibility index (Phi) is 2.73. The molecule has 0 spiro atoms. The van der Waals surface area contributed by atoms with Gasteiger partial charge in [0, 0.05) is 13.0 Å². The van der Waals surface area contributed by atoms with Crippen LogP contribution in [0.25, 0.3) is 0 Å². The average Bonchev–Trinajstić information content (AvgIpc) is 2.30. The van der Waals surface area contributed by atoms with Crippen molar-refractivity contribution in [3.63, 3.8) is 0 Å². The minimum Gasteiger partial charge on any atom is -0.324 e. The summed E-state index contributed by atoms with van der Waals surface area (Å²) < 4.78 is 0. The van der Waals surface area contributed by atoms with Gasteiger partial charge in [-0.2, -0.15) is 0 Å². The standard InChI is InChI=1S/C9H18N2O/c1-4-5-8(12)11-7-10-6-9(11,2)3/h10H,4-7H2,1-3H3. The minimum absolute atomic E-state index is 0.00620. The van der Waals surface area contributed by atoms with Crippen molar-refractivity contribution in [1.29, 1.82) is 0 Å². The Morgan fingerprint density at radius 2 is 2.25 bits per heavy atom. The molecule has 1 saturated heterocycles. The Morgan fingerprint density at radius 1 is 1.58 bits per heavy atom. The summed E-state index contributed by atoms with van der Waals surface area (Å²) >= 11 is 0. The maximum Gasteiger partial charge on any atom is 0.224 e. The molecule has 3 nitrogen and oxygen atoms in total. The van der Waals surface area contributed by atoms with Crippen molar-refractivity contribution in [2.75, 3.05) is 13.2 Å². The Balaban J connectivity index is 2.56. The van der Waals surface area contributed by atoms with E-state index in [9.17, 15) is 4.79 Å². The summed E-state index contributed by atoms with van der Waals surface area (Å²) in [6.07, 6.45) is 1.61. The highest BCUT2D eigenvalue weighted by atomic mass is 16.2. The number of hydrogen-bond acceptors (Lipinski definition) is 2. The number of carbonyl (C=O) groups excluding carboxylic acids is 1. The van der Waals surface area contributed by atoms with E-state index in [1.165, 1.54) is 0 Å². The van der Waals surface area contributed by atoms with Crippen molar-refractivity contribution >= 4 is 5.91 Å². The van der Waals surface area contributed by atoms with Gasteiger partial charge in [-0.25, -0.2) is 0 Å². The molecule has 1 rings (SSSR count). The van der Waals surface area contributed by atoms with Gasteiger partial charge < -0.3 is 4.90 Å². The first kappa shape index (κ1) is 9.52. The van der Waals surface area contributed by atoms with Gasteiger partial charge in [-0.1, -0.05) is 6.92 Å². The summed E-state index contributed by atoms with van der Waals surface area (Å²) in [5.41, 5.74) is 0.00620. The molecule has 70 valence electrons. The lowest BCUT2D eigenvalue weighted by atomic mass is 10.1. The second-order valence-corrected chi connectivity index (χ2v) is 3.97. The van der Waals surface area contributed by atoms with Crippen molar-refractivity contribution in [2.24, 2.45) is 0 Å². The second-order valence-electron chi connectivity index (χ2n) is 3.97. The van der Waals surface area contributed by atoms with Crippen LogP contribution in [0.15, 0.2) is 0 Å². The van der Waals surface area contributed by atoms with E-state index in [4.69, 9.17) is 0 Å². The van der Waals surface area contributed by atoms with Crippen molar-refractivity contribution in [3.8, 4) is 0 Å². The molecule has 3 heteroatoms. The summed E-state index contributed by atoms with van der Waals surface area (Å²) in [7, 11) is 0. The Morgan fingerprint density at radius 3 is 2.67 bits per heavy atom. The average molecular weight is 170 g/mol. The van der Waals surface area contributed by atoms with Crippen LogP contribution in [0.2, 0.25) is 0 Å². The van der Waals surface area contributed by atoms with Gasteiger partial charge in [0.2, 0.25) is 5.91 Å². The number of hydrogen-bond donors (Lipinski definition) is 1. The summed E-state index contributed by atoms with van der Waals surface area (Å²) in [6.45, 7) is 7.85. The van der Waals surface area contributed by atoms with Crippen molar-refractivity contribution < 1.29 is 4.79 Å². The first-order chi connectivity index (χ1) is 5.58. The molecule has 0 aromatic heterocycles. The smallest absolute Gasteiger partial charge is 0.224 e. The molecule has 0 bridgehead atoms. The second kappa shape index (κ2) is 3.44. The highest BCUT2D eigenvalue weighted by molar-refractivity contribution is 5.77. The Bertz CT molecular complexity index is 177. The minimum atomic E-state index is 0.00620. The Labute approximate surface area is 74.1 Å². The van der Waals surface area contributed by atoms with Gasteiger partial charge in [-0.3, -0.25) is 10.1 Å². The molecular weight excluding hydrogens is 152 g/mol. The van der Waals surface area contributed by atoms with Gasteiger partial charge >= 0.3 is 0 Å². The van der Waals surface area contributed by atoms with Gasteiger partial charge in [-0.15, -0.1) is 0 Å². The largest absolute Gasteiger partial charge is 0.324 e. The van der Waals surface area contributed by atoms with Crippen LogP contribution in [-0.4, -0.2) is 29.6 Å². The van der Waals surface area contributed by atoms with Crippen LogP contribution >= 0.6 is 0 Å². The lowest BCUT2D eigenvalue weighted by Gasteiger charge is -2.30. The van der Waals surface area contributed by atoms with Crippen LogP contribution in [0.1, 0.15) is 33.6 Å². The van der Waals surface area contributed by atoms with E-state index in [2.05, 4.69) is 19.2 Å². The van der Waals surface area contributed by atoms with Crippen molar-refractivity contribution in [3.05, 3.63) is 0 Å². The normalized spacial score (nSPS) is 21.4. The van der Waals surface area contributed by atoms with Crippen LogP contribution in [0, 0.1) is 0 Å². The molecule has 12 heavy (non-hydrogen) atoms. The molecule has 0 saturated carbocycles.